The Hall–Kier alpha value is -1.09. The zero-order valence-corrected chi connectivity index (χ0v) is 10.3. The Bertz CT molecular complexity index is 349. The van der Waals surface area contributed by atoms with Crippen molar-refractivity contribution in [3.8, 4) is 0 Å². The first kappa shape index (κ1) is 12.0. The molecule has 15 heavy (non-hydrogen) atoms. The Labute approximate surface area is 97.1 Å². The highest BCUT2D eigenvalue weighted by atomic mass is 32.1. The van der Waals surface area contributed by atoms with Gasteiger partial charge in [0, 0.05) is 24.3 Å². The second-order valence-corrected chi connectivity index (χ2v) is 4.19. The zero-order chi connectivity index (χ0) is 11.4. The molecule has 1 aromatic rings. The lowest BCUT2D eigenvalue weighted by Crippen LogP contribution is -2.30. The van der Waals surface area contributed by atoms with Crippen LogP contribution in [-0.2, 0) is 0 Å². The summed E-state index contributed by atoms with van der Waals surface area (Å²) in [6.45, 7) is 4.36. The lowest BCUT2D eigenvalue weighted by molar-refractivity contribution is 0.663. The number of rotatable bonds is 4. The molecular formula is C12H18N2S. The van der Waals surface area contributed by atoms with Gasteiger partial charge in [-0.15, -0.1) is 0 Å². The third kappa shape index (κ3) is 2.69. The van der Waals surface area contributed by atoms with Crippen LogP contribution in [-0.4, -0.2) is 18.1 Å². The van der Waals surface area contributed by atoms with Crippen LogP contribution in [0.4, 0.5) is 5.69 Å². The summed E-state index contributed by atoms with van der Waals surface area (Å²) in [7, 11) is 2.07. The lowest BCUT2D eigenvalue weighted by atomic mass is 10.1. The highest BCUT2D eigenvalue weighted by Gasteiger charge is 2.12. The molecule has 0 amide bonds. The van der Waals surface area contributed by atoms with Gasteiger partial charge in [-0.2, -0.15) is 0 Å². The van der Waals surface area contributed by atoms with Gasteiger partial charge in [-0.1, -0.05) is 31.3 Å². The Balaban J connectivity index is 3.07. The highest BCUT2D eigenvalue weighted by molar-refractivity contribution is 7.80. The summed E-state index contributed by atoms with van der Waals surface area (Å²) in [5.74, 6) is 0. The molecule has 0 saturated carbocycles. The fourth-order valence-corrected chi connectivity index (χ4v) is 1.67. The van der Waals surface area contributed by atoms with Gasteiger partial charge in [0.05, 0.1) is 0 Å². The van der Waals surface area contributed by atoms with Crippen molar-refractivity contribution in [2.24, 2.45) is 5.73 Å². The van der Waals surface area contributed by atoms with Gasteiger partial charge in [0.2, 0.25) is 0 Å². The Morgan fingerprint density at radius 2 is 2.07 bits per heavy atom. The molecule has 2 nitrogen and oxygen atoms in total. The predicted molar refractivity (Wildman–Crippen MR) is 70.5 cm³/mol. The van der Waals surface area contributed by atoms with Crippen molar-refractivity contribution >= 4 is 22.9 Å². The molecule has 0 spiro atoms. The molecular weight excluding hydrogens is 204 g/mol. The minimum absolute atomic E-state index is 0.459. The van der Waals surface area contributed by atoms with Gasteiger partial charge >= 0.3 is 0 Å². The summed E-state index contributed by atoms with van der Waals surface area (Å²) in [4.78, 5) is 2.68. The van der Waals surface area contributed by atoms with E-state index in [1.165, 1.54) is 0 Å². The summed E-state index contributed by atoms with van der Waals surface area (Å²) in [5, 5.41) is 0. The second-order valence-electron chi connectivity index (χ2n) is 3.75. The molecule has 0 aliphatic heterocycles. The van der Waals surface area contributed by atoms with E-state index < -0.39 is 0 Å². The average Bonchev–Trinajstić information content (AvgIpc) is 2.27. The summed E-state index contributed by atoms with van der Waals surface area (Å²) in [6, 6.07) is 8.48. The molecule has 3 heteroatoms. The largest absolute Gasteiger partial charge is 0.389 e. The number of nitrogens with two attached hydrogens (primary N) is 1. The smallest absolute Gasteiger partial charge is 0.106 e. The van der Waals surface area contributed by atoms with E-state index in [4.69, 9.17) is 18.0 Å². The van der Waals surface area contributed by atoms with Gasteiger partial charge in [0.1, 0.15) is 4.99 Å². The van der Waals surface area contributed by atoms with E-state index in [0.717, 1.165) is 17.7 Å². The van der Waals surface area contributed by atoms with E-state index in [-0.39, 0.29) is 0 Å². The lowest BCUT2D eigenvalue weighted by Gasteiger charge is -2.27. The molecule has 0 bridgehead atoms. The van der Waals surface area contributed by atoms with Gasteiger partial charge in [0.25, 0.3) is 0 Å². The maximum Gasteiger partial charge on any atom is 0.106 e. The van der Waals surface area contributed by atoms with Crippen LogP contribution in [0.1, 0.15) is 25.8 Å². The minimum Gasteiger partial charge on any atom is -0.389 e. The molecule has 0 heterocycles. The molecule has 0 aliphatic carbocycles. The van der Waals surface area contributed by atoms with Gasteiger partial charge in [-0.3, -0.25) is 0 Å². The first-order valence-corrected chi connectivity index (χ1v) is 5.60. The maximum atomic E-state index is 5.70. The van der Waals surface area contributed by atoms with Crippen molar-refractivity contribution in [3.63, 3.8) is 0 Å². The van der Waals surface area contributed by atoms with E-state index >= 15 is 0 Å². The fourth-order valence-electron chi connectivity index (χ4n) is 1.50. The number of hydrogen-bond donors (Lipinski definition) is 1. The third-order valence-electron chi connectivity index (χ3n) is 2.80. The van der Waals surface area contributed by atoms with Gasteiger partial charge in [0.15, 0.2) is 0 Å². The van der Waals surface area contributed by atoms with Crippen LogP contribution in [0, 0.1) is 0 Å². The van der Waals surface area contributed by atoms with Crippen LogP contribution in [0.25, 0.3) is 0 Å². The number of benzene rings is 1. The van der Waals surface area contributed by atoms with Crippen molar-refractivity contribution in [1.82, 2.24) is 0 Å². The van der Waals surface area contributed by atoms with Crippen LogP contribution in [0.3, 0.4) is 0 Å². The van der Waals surface area contributed by atoms with Crippen LogP contribution < -0.4 is 10.6 Å². The topological polar surface area (TPSA) is 29.3 Å². The van der Waals surface area contributed by atoms with Crippen molar-refractivity contribution in [2.45, 2.75) is 26.3 Å². The number of para-hydroxylation sites is 1. The quantitative estimate of drug-likeness (QED) is 0.794. The summed E-state index contributed by atoms with van der Waals surface area (Å²) < 4.78 is 0. The average molecular weight is 222 g/mol. The molecule has 0 saturated heterocycles. The zero-order valence-electron chi connectivity index (χ0n) is 9.53. The van der Waals surface area contributed by atoms with Crippen molar-refractivity contribution in [2.75, 3.05) is 11.9 Å². The SMILES string of the molecule is CCC(C)N(C)c1ccccc1C(N)=S. The van der Waals surface area contributed by atoms with Gasteiger partial charge in [-0.25, -0.2) is 0 Å². The van der Waals surface area contributed by atoms with E-state index in [1.54, 1.807) is 0 Å². The van der Waals surface area contributed by atoms with E-state index in [1.807, 2.05) is 18.2 Å². The predicted octanol–water partition coefficient (Wildman–Crippen LogP) is 2.56. The van der Waals surface area contributed by atoms with Crippen molar-refractivity contribution in [1.29, 1.82) is 0 Å². The van der Waals surface area contributed by atoms with E-state index in [0.29, 0.717) is 11.0 Å². The summed E-state index contributed by atoms with van der Waals surface area (Å²) >= 11 is 5.04. The molecule has 2 N–H and O–H groups in total. The van der Waals surface area contributed by atoms with Crippen LogP contribution in [0.5, 0.6) is 0 Å². The molecule has 0 aromatic heterocycles. The Morgan fingerprint density at radius 1 is 1.47 bits per heavy atom. The third-order valence-corrected chi connectivity index (χ3v) is 3.02. The number of nitrogens with zero attached hydrogens (tertiary/aromatic N) is 1. The van der Waals surface area contributed by atoms with E-state index in [9.17, 15) is 0 Å². The number of hydrogen-bond acceptors (Lipinski definition) is 2. The number of anilines is 1. The molecule has 0 fully saturated rings. The van der Waals surface area contributed by atoms with Gasteiger partial charge < -0.3 is 10.6 Å². The monoisotopic (exact) mass is 222 g/mol. The highest BCUT2D eigenvalue weighted by Crippen LogP contribution is 2.21. The molecule has 1 aromatic carbocycles. The molecule has 0 aliphatic rings. The molecule has 0 radical (unpaired) electrons. The standard InChI is InChI=1S/C12H18N2S/c1-4-9(2)14(3)11-8-6-5-7-10(11)12(13)15/h5-9H,4H2,1-3H3,(H2,13,15). The number of thiocarbonyl (C=S) groups is 1. The first-order valence-electron chi connectivity index (χ1n) is 5.19. The minimum atomic E-state index is 0.459. The second kappa shape index (κ2) is 5.12. The Kier molecular flexibility index (Phi) is 4.09. The summed E-state index contributed by atoms with van der Waals surface area (Å²) in [5.41, 5.74) is 7.76. The van der Waals surface area contributed by atoms with E-state index in [2.05, 4.69) is 31.9 Å². The normalized spacial score (nSPS) is 12.2. The van der Waals surface area contributed by atoms with Crippen molar-refractivity contribution in [3.05, 3.63) is 29.8 Å². The van der Waals surface area contributed by atoms with Crippen LogP contribution in [0.2, 0.25) is 0 Å². The van der Waals surface area contributed by atoms with Crippen LogP contribution in [0.15, 0.2) is 24.3 Å². The molecule has 1 atom stereocenters. The Morgan fingerprint density at radius 3 is 2.60 bits per heavy atom. The van der Waals surface area contributed by atoms with Crippen molar-refractivity contribution < 1.29 is 0 Å². The molecule has 1 unspecified atom stereocenters. The first-order chi connectivity index (χ1) is 7.07. The molecule has 1 rings (SSSR count). The fraction of sp³-hybridized carbons (Fsp3) is 0.417. The molecule has 82 valence electrons. The van der Waals surface area contributed by atoms with Gasteiger partial charge in [-0.05, 0) is 25.5 Å². The maximum absolute atomic E-state index is 5.70. The summed E-state index contributed by atoms with van der Waals surface area (Å²) in [6.07, 6.45) is 1.10. The van der Waals surface area contributed by atoms with Crippen LogP contribution >= 0.6 is 12.2 Å².